The van der Waals surface area contributed by atoms with Gasteiger partial charge in [-0.3, -0.25) is 18.7 Å². The van der Waals surface area contributed by atoms with E-state index in [-0.39, 0.29) is 5.75 Å². The van der Waals surface area contributed by atoms with Gasteiger partial charge in [0.05, 0.1) is 19.8 Å². The second-order valence-electron chi connectivity index (χ2n) is 10.9. The maximum absolute atomic E-state index is 16.0. The molecule has 1 aromatic carbocycles. The van der Waals surface area contributed by atoms with Crippen LogP contribution in [0.3, 0.4) is 0 Å². The maximum Gasteiger partial charge on any atom is 0.459 e. The van der Waals surface area contributed by atoms with Crippen LogP contribution in [-0.4, -0.2) is 82.1 Å². The molecule has 1 aliphatic heterocycles. The molecule has 1 aliphatic rings. The number of ether oxygens (including phenoxy) is 4. The molecule has 0 radical (unpaired) electrons. The van der Waals surface area contributed by atoms with E-state index in [1.54, 1.807) is 32.0 Å². The van der Waals surface area contributed by atoms with E-state index in [4.69, 9.17) is 23.3 Å². The van der Waals surface area contributed by atoms with Crippen LogP contribution in [0, 0.1) is 0 Å². The third-order valence-electron chi connectivity index (χ3n) is 6.71. The molecule has 17 nitrogen and oxygen atoms in total. The molecular weight excluding hydrogens is 650 g/mol. The topological polar surface area (TPSA) is 212 Å². The van der Waals surface area contributed by atoms with E-state index in [2.05, 4.69) is 15.1 Å². The van der Waals surface area contributed by atoms with Crippen molar-refractivity contribution < 1.29 is 56.4 Å². The summed E-state index contributed by atoms with van der Waals surface area (Å²) in [5.74, 6) is -1.68. The zero-order valence-electron chi connectivity index (χ0n) is 26.5. The highest BCUT2D eigenvalue weighted by molar-refractivity contribution is 7.52. The molecule has 0 bridgehead atoms. The first-order chi connectivity index (χ1) is 22.0. The van der Waals surface area contributed by atoms with Gasteiger partial charge in [-0.1, -0.05) is 18.2 Å². The Hall–Kier alpha value is -4.09. The number of alkyl halides is 1. The van der Waals surface area contributed by atoms with E-state index in [0.29, 0.717) is 9.13 Å². The van der Waals surface area contributed by atoms with E-state index < -0.39 is 92.7 Å². The number of hydrogen-bond donors (Lipinski definition) is 3. The molecule has 19 heteroatoms. The molecular formula is C28H38FN4O13P. The molecule has 1 aromatic heterocycles. The van der Waals surface area contributed by atoms with Gasteiger partial charge in [-0.15, -0.1) is 0 Å². The highest BCUT2D eigenvalue weighted by atomic mass is 31.2. The van der Waals surface area contributed by atoms with Gasteiger partial charge in [0.15, 0.2) is 18.6 Å². The third kappa shape index (κ3) is 9.48. The van der Waals surface area contributed by atoms with Gasteiger partial charge in [0, 0.05) is 12.3 Å². The predicted molar refractivity (Wildman–Crippen MR) is 160 cm³/mol. The molecule has 1 fully saturated rings. The van der Waals surface area contributed by atoms with Crippen LogP contribution >= 0.6 is 7.75 Å². The van der Waals surface area contributed by atoms with Crippen molar-refractivity contribution in [3.8, 4) is 5.75 Å². The summed E-state index contributed by atoms with van der Waals surface area (Å²) in [6.07, 6.45) is -5.82. The second kappa shape index (κ2) is 15.7. The van der Waals surface area contributed by atoms with E-state index in [1.165, 1.54) is 26.0 Å². The van der Waals surface area contributed by atoms with Crippen LogP contribution in [0.5, 0.6) is 5.75 Å². The fraction of sp³-hybridized carbons (Fsp3) is 0.536. The average molecular weight is 689 g/mol. The predicted octanol–water partition coefficient (Wildman–Crippen LogP) is 1.38. The summed E-state index contributed by atoms with van der Waals surface area (Å²) in [6.45, 7) is 5.16. The molecule has 7 atom stereocenters. The number of alkyl carbamates (subject to hydrolysis) is 1. The Bertz CT molecular complexity index is 1580. The number of benzene rings is 1. The number of carbonyl (C=O) groups excluding carboxylic acids is 3. The van der Waals surface area contributed by atoms with E-state index in [0.717, 1.165) is 26.3 Å². The summed E-state index contributed by atoms with van der Waals surface area (Å²) in [4.78, 5) is 61.6. The van der Waals surface area contributed by atoms with Gasteiger partial charge in [-0.05, 0) is 46.8 Å². The number of nitrogens with zero attached hydrogens (tertiary/aromatic N) is 2. The van der Waals surface area contributed by atoms with E-state index in [1.807, 2.05) is 0 Å². The lowest BCUT2D eigenvalue weighted by Gasteiger charge is -2.25. The molecule has 0 saturated carbocycles. The first kappa shape index (κ1) is 37.4. The van der Waals surface area contributed by atoms with Crippen molar-refractivity contribution in [2.45, 2.75) is 83.6 Å². The molecule has 0 spiro atoms. The Morgan fingerprint density at radius 3 is 2.36 bits per heavy atom. The number of aliphatic hydroxyl groups is 1. The first-order valence-electron chi connectivity index (χ1n) is 14.3. The van der Waals surface area contributed by atoms with Crippen LogP contribution in [0.1, 0.15) is 40.8 Å². The maximum atomic E-state index is 16.0. The quantitative estimate of drug-likeness (QED) is 0.145. The highest BCUT2D eigenvalue weighted by Crippen LogP contribution is 2.47. The number of aliphatic hydroxyl groups excluding tert-OH is 1. The Labute approximate surface area is 268 Å². The van der Waals surface area contributed by atoms with Gasteiger partial charge in [-0.2, -0.15) is 5.09 Å². The van der Waals surface area contributed by atoms with E-state index >= 15 is 4.39 Å². The summed E-state index contributed by atoms with van der Waals surface area (Å²) in [7, 11) is -3.35. The van der Waals surface area contributed by atoms with Crippen LogP contribution in [0.4, 0.5) is 9.18 Å². The van der Waals surface area contributed by atoms with Crippen molar-refractivity contribution in [2.75, 3.05) is 13.7 Å². The summed E-state index contributed by atoms with van der Waals surface area (Å²) in [5, 5.41) is 15.5. The number of esters is 2. The fourth-order valence-corrected chi connectivity index (χ4v) is 5.74. The normalized spacial score (nSPS) is 23.3. The molecule has 1 saturated heterocycles. The number of hydrogen-bond acceptors (Lipinski definition) is 13. The number of para-hydroxylation sites is 1. The van der Waals surface area contributed by atoms with Gasteiger partial charge in [0.25, 0.3) is 5.56 Å². The summed E-state index contributed by atoms with van der Waals surface area (Å²) in [5.41, 5.74) is -4.76. The molecule has 260 valence electrons. The molecule has 3 rings (SSSR count). The second-order valence-corrected chi connectivity index (χ2v) is 12.6. The fourth-order valence-electron chi connectivity index (χ4n) is 4.23. The minimum Gasteiger partial charge on any atom is -0.462 e. The SMILES string of the molecule is COC(=O)N[C@@H](C)C(=O)OCn1c(=O)ccn([C@@H]2O[C@H](CO[P@](=O)(N[C@@H](C)C(=O)OC(C)C)Oc3ccccc3)[C@@H](O)[C@@]2(C)F)c1=O. The van der Waals surface area contributed by atoms with Crippen LogP contribution < -0.4 is 26.2 Å². The Balaban J connectivity index is 1.80. The Morgan fingerprint density at radius 1 is 1.09 bits per heavy atom. The molecule has 2 aromatic rings. The van der Waals surface area contributed by atoms with Crippen molar-refractivity contribution in [3.05, 3.63) is 63.4 Å². The van der Waals surface area contributed by atoms with Gasteiger partial charge in [0.1, 0.15) is 30.0 Å². The zero-order chi connectivity index (χ0) is 35.1. The first-order valence-corrected chi connectivity index (χ1v) is 15.9. The number of methoxy groups -OCH3 is 1. The number of nitrogens with one attached hydrogen (secondary N) is 2. The Morgan fingerprint density at radius 2 is 1.74 bits per heavy atom. The summed E-state index contributed by atoms with van der Waals surface area (Å²) >= 11 is 0. The number of amides is 1. The van der Waals surface area contributed by atoms with Crippen LogP contribution in [0.15, 0.2) is 52.2 Å². The standard InChI is InChI=1S/C28H38FN4O13P/c1-16(2)44-24(37)18(4)31-47(40,46-19-10-8-7-9-11-19)43-14-20-22(35)28(5,29)25(45-20)32-13-12-21(34)33(27(32)39)15-42-23(36)17(3)30-26(38)41-6/h7-13,16-18,20,22,25,35H,14-15H2,1-6H3,(H,30,38)(H,31,40)/t17-,18-,20+,22+,25+,28+,47+/m0/s1. The Kier molecular flexibility index (Phi) is 12.5. The molecule has 3 N–H and O–H groups in total. The summed E-state index contributed by atoms with van der Waals surface area (Å²) < 4.78 is 62.1. The van der Waals surface area contributed by atoms with Crippen LogP contribution in [0.2, 0.25) is 0 Å². The van der Waals surface area contributed by atoms with Crippen LogP contribution in [-0.2, 0) is 44.4 Å². The van der Waals surface area contributed by atoms with Crippen molar-refractivity contribution in [2.24, 2.45) is 0 Å². The average Bonchev–Trinajstić information content (AvgIpc) is 3.23. The molecule has 47 heavy (non-hydrogen) atoms. The number of rotatable bonds is 14. The molecule has 1 amide bonds. The molecule has 0 unspecified atom stereocenters. The van der Waals surface area contributed by atoms with Gasteiger partial charge >= 0.3 is 31.5 Å². The lowest BCUT2D eigenvalue weighted by atomic mass is 9.98. The number of carbonyl (C=O) groups is 3. The van der Waals surface area contributed by atoms with Crippen molar-refractivity contribution in [1.82, 2.24) is 19.5 Å². The third-order valence-corrected chi connectivity index (χ3v) is 8.35. The van der Waals surface area contributed by atoms with Gasteiger partial charge in [-0.25, -0.2) is 27.9 Å². The molecule has 2 heterocycles. The lowest BCUT2D eigenvalue weighted by molar-refractivity contribution is -0.150. The van der Waals surface area contributed by atoms with Gasteiger partial charge in [0.2, 0.25) is 0 Å². The largest absolute Gasteiger partial charge is 0.462 e. The zero-order valence-corrected chi connectivity index (χ0v) is 27.4. The number of halogens is 1. The molecule has 0 aliphatic carbocycles. The minimum absolute atomic E-state index is 0.0961. The van der Waals surface area contributed by atoms with Crippen molar-refractivity contribution >= 4 is 25.8 Å². The minimum atomic E-state index is -4.43. The lowest BCUT2D eigenvalue weighted by Crippen LogP contribution is -2.47. The monoisotopic (exact) mass is 688 g/mol. The smallest absolute Gasteiger partial charge is 0.459 e. The van der Waals surface area contributed by atoms with Crippen molar-refractivity contribution in [1.29, 1.82) is 0 Å². The van der Waals surface area contributed by atoms with Crippen molar-refractivity contribution in [3.63, 3.8) is 0 Å². The van der Waals surface area contributed by atoms with E-state index in [9.17, 15) is 33.6 Å². The van der Waals surface area contributed by atoms with Crippen LogP contribution in [0.25, 0.3) is 0 Å². The van der Waals surface area contributed by atoms with Gasteiger partial charge < -0.3 is 33.9 Å². The summed E-state index contributed by atoms with van der Waals surface area (Å²) in [6, 6.07) is 6.30. The number of aromatic nitrogens is 2. The highest BCUT2D eigenvalue weighted by Gasteiger charge is 2.56.